The van der Waals surface area contributed by atoms with Crippen LogP contribution in [0.15, 0.2) is 24.3 Å². The summed E-state index contributed by atoms with van der Waals surface area (Å²) in [4.78, 5) is 0. The molecule has 0 amide bonds. The second kappa shape index (κ2) is 4.85. The van der Waals surface area contributed by atoms with E-state index in [0.29, 0.717) is 0 Å². The molecule has 0 saturated heterocycles. The van der Waals surface area contributed by atoms with Crippen LogP contribution in [-0.2, 0) is 6.18 Å². The summed E-state index contributed by atoms with van der Waals surface area (Å²) in [5.41, 5.74) is -0.876. The van der Waals surface area contributed by atoms with E-state index in [1.165, 1.54) is 6.07 Å². The minimum absolute atomic E-state index is 0.0177. The van der Waals surface area contributed by atoms with Gasteiger partial charge >= 0.3 is 12.4 Å². The van der Waals surface area contributed by atoms with E-state index in [2.05, 4.69) is 5.32 Å². The van der Waals surface area contributed by atoms with E-state index >= 15 is 0 Å². The van der Waals surface area contributed by atoms with E-state index in [4.69, 9.17) is 0 Å². The highest BCUT2D eigenvalue weighted by molar-refractivity contribution is 5.46. The van der Waals surface area contributed by atoms with E-state index in [0.717, 1.165) is 18.2 Å². The molecule has 1 rings (SSSR count). The molecule has 0 aliphatic carbocycles. The normalized spacial score (nSPS) is 12.6. The highest BCUT2D eigenvalue weighted by Gasteiger charge is 2.30. The van der Waals surface area contributed by atoms with Gasteiger partial charge in [0, 0.05) is 12.2 Å². The number of hydrogen-bond donors (Lipinski definition) is 1. The standard InChI is InChI=1S/C10H9F6N/c11-9(12,13)4-5-17-8-3-1-2-7(6-8)10(14,15)16/h1-3,6,17H,4-5H2. The first-order chi connectivity index (χ1) is 7.68. The summed E-state index contributed by atoms with van der Waals surface area (Å²) in [7, 11) is 0. The summed E-state index contributed by atoms with van der Waals surface area (Å²) in [6.07, 6.45) is -9.92. The molecular formula is C10H9F6N. The summed E-state index contributed by atoms with van der Waals surface area (Å²) in [5, 5.41) is 2.29. The van der Waals surface area contributed by atoms with Gasteiger partial charge in [0.25, 0.3) is 0 Å². The fraction of sp³-hybridized carbons (Fsp3) is 0.400. The molecule has 17 heavy (non-hydrogen) atoms. The van der Waals surface area contributed by atoms with Crippen molar-refractivity contribution in [2.24, 2.45) is 0 Å². The second-order valence-corrected chi connectivity index (χ2v) is 3.37. The van der Waals surface area contributed by atoms with Crippen molar-refractivity contribution < 1.29 is 26.3 Å². The maximum absolute atomic E-state index is 12.3. The van der Waals surface area contributed by atoms with E-state index in [9.17, 15) is 26.3 Å². The molecule has 1 nitrogen and oxygen atoms in total. The molecule has 0 aromatic heterocycles. The van der Waals surface area contributed by atoms with Crippen molar-refractivity contribution in [3.05, 3.63) is 29.8 Å². The number of halogens is 6. The van der Waals surface area contributed by atoms with Crippen LogP contribution in [0.4, 0.5) is 32.0 Å². The van der Waals surface area contributed by atoms with Gasteiger partial charge < -0.3 is 5.32 Å². The molecule has 0 fully saturated rings. The molecule has 0 bridgehead atoms. The minimum Gasteiger partial charge on any atom is -0.385 e. The molecule has 1 N–H and O–H groups in total. The van der Waals surface area contributed by atoms with Crippen LogP contribution in [0.25, 0.3) is 0 Å². The Hall–Kier alpha value is -1.40. The molecule has 0 atom stereocenters. The van der Waals surface area contributed by atoms with Crippen LogP contribution in [0.5, 0.6) is 0 Å². The molecule has 1 aromatic rings. The third kappa shape index (κ3) is 4.97. The Kier molecular flexibility index (Phi) is 3.90. The zero-order valence-corrected chi connectivity index (χ0v) is 8.49. The largest absolute Gasteiger partial charge is 0.416 e. The predicted molar refractivity (Wildman–Crippen MR) is 50.6 cm³/mol. The minimum atomic E-state index is -4.50. The zero-order valence-electron chi connectivity index (χ0n) is 8.49. The van der Waals surface area contributed by atoms with E-state index < -0.39 is 30.9 Å². The van der Waals surface area contributed by atoms with Gasteiger partial charge in [-0.2, -0.15) is 26.3 Å². The van der Waals surface area contributed by atoms with Crippen molar-refractivity contribution in [1.29, 1.82) is 0 Å². The summed E-state index contributed by atoms with van der Waals surface area (Å²) in [6.45, 7) is -0.454. The molecule has 0 radical (unpaired) electrons. The Morgan fingerprint density at radius 2 is 1.65 bits per heavy atom. The average molecular weight is 257 g/mol. The molecule has 0 saturated carbocycles. The van der Waals surface area contributed by atoms with Gasteiger partial charge in [0.15, 0.2) is 0 Å². The lowest BCUT2D eigenvalue weighted by Gasteiger charge is -2.11. The summed E-state index contributed by atoms with van der Waals surface area (Å²) in [6, 6.07) is 4.05. The number of anilines is 1. The van der Waals surface area contributed by atoms with Crippen LogP contribution in [0, 0.1) is 0 Å². The van der Waals surface area contributed by atoms with Crippen molar-refractivity contribution in [3.8, 4) is 0 Å². The molecule has 0 heterocycles. The Bertz CT molecular complexity index is 368. The third-order valence-electron chi connectivity index (χ3n) is 1.93. The first kappa shape index (κ1) is 13.7. The van der Waals surface area contributed by atoms with Crippen molar-refractivity contribution >= 4 is 5.69 Å². The Morgan fingerprint density at radius 3 is 2.18 bits per heavy atom. The topological polar surface area (TPSA) is 12.0 Å². The first-order valence-electron chi connectivity index (χ1n) is 4.66. The number of nitrogens with one attached hydrogen (secondary N) is 1. The zero-order chi connectivity index (χ0) is 13.1. The van der Waals surface area contributed by atoms with Gasteiger partial charge in [-0.15, -0.1) is 0 Å². The molecule has 0 unspecified atom stereocenters. The Morgan fingerprint density at radius 1 is 1.00 bits per heavy atom. The summed E-state index contributed by atoms with van der Waals surface area (Å²) >= 11 is 0. The fourth-order valence-electron chi connectivity index (χ4n) is 1.15. The van der Waals surface area contributed by atoms with Crippen molar-refractivity contribution in [2.45, 2.75) is 18.8 Å². The van der Waals surface area contributed by atoms with Gasteiger partial charge in [0.2, 0.25) is 0 Å². The van der Waals surface area contributed by atoms with E-state index in [-0.39, 0.29) is 5.69 Å². The van der Waals surface area contributed by atoms with Crippen LogP contribution in [0.3, 0.4) is 0 Å². The van der Waals surface area contributed by atoms with E-state index in [1.54, 1.807) is 0 Å². The van der Waals surface area contributed by atoms with Gasteiger partial charge in [0.1, 0.15) is 0 Å². The van der Waals surface area contributed by atoms with Crippen LogP contribution in [-0.4, -0.2) is 12.7 Å². The Balaban J connectivity index is 2.61. The lowest BCUT2D eigenvalue weighted by atomic mass is 10.2. The molecular weight excluding hydrogens is 248 g/mol. The highest BCUT2D eigenvalue weighted by atomic mass is 19.4. The van der Waals surface area contributed by atoms with Gasteiger partial charge in [-0.1, -0.05) is 6.07 Å². The van der Waals surface area contributed by atoms with Crippen molar-refractivity contribution in [1.82, 2.24) is 0 Å². The van der Waals surface area contributed by atoms with Gasteiger partial charge in [-0.25, -0.2) is 0 Å². The quantitative estimate of drug-likeness (QED) is 0.805. The predicted octanol–water partition coefficient (Wildman–Crippen LogP) is 4.07. The molecule has 7 heteroatoms. The smallest absolute Gasteiger partial charge is 0.385 e. The third-order valence-corrected chi connectivity index (χ3v) is 1.93. The summed E-state index contributed by atoms with van der Waals surface area (Å²) in [5.74, 6) is 0. The molecule has 0 spiro atoms. The number of rotatable bonds is 3. The van der Waals surface area contributed by atoms with Crippen LogP contribution >= 0.6 is 0 Å². The second-order valence-electron chi connectivity index (χ2n) is 3.37. The SMILES string of the molecule is FC(F)(F)CCNc1cccc(C(F)(F)F)c1. The van der Waals surface area contributed by atoms with Gasteiger partial charge in [-0.05, 0) is 18.2 Å². The fourth-order valence-corrected chi connectivity index (χ4v) is 1.15. The average Bonchev–Trinajstić information content (AvgIpc) is 2.15. The van der Waals surface area contributed by atoms with Crippen molar-refractivity contribution in [3.63, 3.8) is 0 Å². The number of benzene rings is 1. The lowest BCUT2D eigenvalue weighted by molar-refractivity contribution is -0.137. The van der Waals surface area contributed by atoms with Gasteiger partial charge in [0.05, 0.1) is 12.0 Å². The van der Waals surface area contributed by atoms with E-state index in [1.807, 2.05) is 0 Å². The van der Waals surface area contributed by atoms with Crippen molar-refractivity contribution in [2.75, 3.05) is 11.9 Å². The van der Waals surface area contributed by atoms with Crippen LogP contribution in [0.2, 0.25) is 0 Å². The lowest BCUT2D eigenvalue weighted by Crippen LogP contribution is -2.15. The molecule has 96 valence electrons. The summed E-state index contributed by atoms with van der Waals surface area (Å²) < 4.78 is 72.2. The Labute approximate surface area is 93.4 Å². The van der Waals surface area contributed by atoms with Crippen LogP contribution in [0.1, 0.15) is 12.0 Å². The molecule has 0 aliphatic heterocycles. The maximum atomic E-state index is 12.3. The monoisotopic (exact) mass is 257 g/mol. The molecule has 1 aromatic carbocycles. The number of hydrogen-bond acceptors (Lipinski definition) is 1. The van der Waals surface area contributed by atoms with Gasteiger partial charge in [-0.3, -0.25) is 0 Å². The highest BCUT2D eigenvalue weighted by Crippen LogP contribution is 2.30. The first-order valence-corrected chi connectivity index (χ1v) is 4.66. The maximum Gasteiger partial charge on any atom is 0.416 e. The van der Waals surface area contributed by atoms with Crippen LogP contribution < -0.4 is 5.32 Å². The number of alkyl halides is 6. The molecule has 0 aliphatic rings.